The first-order valence-electron chi connectivity index (χ1n) is 8.40. The fraction of sp³-hybridized carbons (Fsp3) is 0.765. The number of allylic oxidation sites excluding steroid dienone is 1. The van der Waals surface area contributed by atoms with Crippen molar-refractivity contribution in [2.24, 2.45) is 22.9 Å². The van der Waals surface area contributed by atoms with Crippen molar-refractivity contribution in [3.8, 4) is 0 Å². The fourth-order valence-electron chi connectivity index (χ4n) is 4.10. The number of hydrogen-bond donors (Lipinski definition) is 0. The van der Waals surface area contributed by atoms with Gasteiger partial charge in [0.05, 0.1) is 5.04 Å². The number of fused-ring (bicyclic) bond motifs is 2. The molecule has 0 amide bonds. The van der Waals surface area contributed by atoms with Gasteiger partial charge in [-0.2, -0.15) is 5.10 Å². The molecule has 0 aromatic carbocycles. The van der Waals surface area contributed by atoms with Gasteiger partial charge >= 0.3 is 0 Å². The van der Waals surface area contributed by atoms with Gasteiger partial charge in [0.1, 0.15) is 5.03 Å². The summed E-state index contributed by atoms with van der Waals surface area (Å²) in [6.07, 6.45) is 10.3. The summed E-state index contributed by atoms with van der Waals surface area (Å²) in [5.74, 6) is 2.72. The van der Waals surface area contributed by atoms with E-state index >= 15 is 0 Å². The lowest BCUT2D eigenvalue weighted by Gasteiger charge is -2.20. The summed E-state index contributed by atoms with van der Waals surface area (Å²) in [7, 11) is 0. The molecule has 2 bridgehead atoms. The molecule has 2 saturated carbocycles. The van der Waals surface area contributed by atoms with E-state index in [1.807, 2.05) is 18.0 Å². The topological polar surface area (TPSA) is 32.7 Å². The summed E-state index contributed by atoms with van der Waals surface area (Å²) in [5.41, 5.74) is 0. The Labute approximate surface area is 132 Å². The molecule has 0 spiro atoms. The van der Waals surface area contributed by atoms with Crippen molar-refractivity contribution in [1.82, 2.24) is 5.01 Å². The van der Waals surface area contributed by atoms with Crippen molar-refractivity contribution in [3.63, 3.8) is 0 Å². The summed E-state index contributed by atoms with van der Waals surface area (Å²) in [4.78, 5) is 12.4. The third kappa shape index (κ3) is 3.53. The fourth-order valence-corrected chi connectivity index (χ4v) is 4.97. The zero-order valence-electron chi connectivity index (χ0n) is 13.2. The average Bonchev–Trinajstić information content (AvgIpc) is 3.12. The van der Waals surface area contributed by atoms with Crippen LogP contribution in [0.4, 0.5) is 0 Å². The van der Waals surface area contributed by atoms with E-state index in [1.54, 1.807) is 11.8 Å². The number of thioether (sulfide) groups is 1. The molecule has 1 heterocycles. The molecule has 0 saturated heterocycles. The van der Waals surface area contributed by atoms with Crippen molar-refractivity contribution in [1.29, 1.82) is 0 Å². The Morgan fingerprint density at radius 2 is 2.29 bits per heavy atom. The highest BCUT2D eigenvalue weighted by molar-refractivity contribution is 8.17. The van der Waals surface area contributed by atoms with Crippen LogP contribution < -0.4 is 0 Å². The highest BCUT2D eigenvalue weighted by Crippen LogP contribution is 2.49. The van der Waals surface area contributed by atoms with Gasteiger partial charge in [-0.05, 0) is 50.4 Å². The van der Waals surface area contributed by atoms with Gasteiger partial charge in [-0.25, -0.2) is 0 Å². The maximum absolute atomic E-state index is 12.4. The predicted octanol–water partition coefficient (Wildman–Crippen LogP) is 4.41. The predicted molar refractivity (Wildman–Crippen MR) is 89.0 cm³/mol. The van der Waals surface area contributed by atoms with E-state index in [2.05, 4.69) is 12.0 Å². The maximum Gasteiger partial charge on any atom is 0.158 e. The second kappa shape index (κ2) is 6.55. The third-order valence-electron chi connectivity index (χ3n) is 5.12. The molecule has 4 heteroatoms. The minimum atomic E-state index is 0.307. The lowest BCUT2D eigenvalue weighted by atomic mass is 9.85. The number of hydrazone groups is 1. The van der Waals surface area contributed by atoms with Crippen LogP contribution in [0, 0.1) is 17.8 Å². The first-order chi connectivity index (χ1) is 10.2. The van der Waals surface area contributed by atoms with E-state index in [1.165, 1.54) is 25.7 Å². The Balaban J connectivity index is 1.57. The lowest BCUT2D eigenvalue weighted by Crippen LogP contribution is -2.17. The van der Waals surface area contributed by atoms with Crippen LogP contribution in [0.5, 0.6) is 0 Å². The molecule has 3 unspecified atom stereocenters. The summed E-state index contributed by atoms with van der Waals surface area (Å²) in [6, 6.07) is 0. The monoisotopic (exact) mass is 306 g/mol. The molecule has 21 heavy (non-hydrogen) atoms. The van der Waals surface area contributed by atoms with Gasteiger partial charge in [0, 0.05) is 19.0 Å². The summed E-state index contributed by atoms with van der Waals surface area (Å²) < 4.78 is 0. The second-order valence-corrected chi connectivity index (χ2v) is 8.00. The van der Waals surface area contributed by atoms with E-state index in [4.69, 9.17) is 0 Å². The highest BCUT2D eigenvalue weighted by Gasteiger charge is 2.39. The second-order valence-electron chi connectivity index (χ2n) is 6.79. The summed E-state index contributed by atoms with van der Waals surface area (Å²) in [6.45, 7) is 5.13. The number of hydrogen-bond acceptors (Lipinski definition) is 4. The van der Waals surface area contributed by atoms with Crippen LogP contribution in [0.15, 0.2) is 16.2 Å². The van der Waals surface area contributed by atoms with E-state index in [0.717, 1.165) is 47.7 Å². The number of carbonyl (C=O) groups excluding carboxylic acids is 1. The van der Waals surface area contributed by atoms with Gasteiger partial charge in [-0.3, -0.25) is 9.80 Å². The number of nitrogens with zero attached hydrogens (tertiary/aromatic N) is 2. The van der Waals surface area contributed by atoms with Crippen LogP contribution in [-0.4, -0.2) is 22.4 Å². The molecule has 0 radical (unpaired) electrons. The average molecular weight is 306 g/mol. The molecule has 3 atom stereocenters. The SMILES string of the molecule is CCCCN1N=C(C)SC1=CC(=O)CC1CC2CCC1C2. The van der Waals surface area contributed by atoms with Crippen LogP contribution in [0.2, 0.25) is 0 Å². The number of unbranched alkanes of at least 4 members (excludes halogenated alkanes) is 1. The minimum Gasteiger partial charge on any atom is -0.295 e. The Kier molecular flexibility index (Phi) is 4.72. The van der Waals surface area contributed by atoms with Gasteiger partial charge in [0.25, 0.3) is 0 Å². The number of rotatable bonds is 6. The standard InChI is InChI=1S/C17H26N2OS/c1-3-4-7-19-17(21-12(2)18-19)11-16(20)10-15-9-13-5-6-14(15)8-13/h11,13-15H,3-10H2,1-2H3. The first kappa shape index (κ1) is 15.1. The third-order valence-corrected chi connectivity index (χ3v) is 6.04. The van der Waals surface area contributed by atoms with Crippen molar-refractivity contribution in [2.75, 3.05) is 6.54 Å². The maximum atomic E-state index is 12.4. The zero-order valence-corrected chi connectivity index (χ0v) is 14.0. The van der Waals surface area contributed by atoms with Crippen LogP contribution in [-0.2, 0) is 4.79 Å². The smallest absolute Gasteiger partial charge is 0.158 e. The first-order valence-corrected chi connectivity index (χ1v) is 9.22. The molecule has 116 valence electrons. The Morgan fingerprint density at radius 3 is 2.95 bits per heavy atom. The summed E-state index contributed by atoms with van der Waals surface area (Å²) in [5, 5.41) is 8.62. The molecular weight excluding hydrogens is 280 g/mol. The van der Waals surface area contributed by atoms with E-state index in [9.17, 15) is 4.79 Å². The molecule has 0 aromatic rings. The Hall–Kier alpha value is -0.770. The van der Waals surface area contributed by atoms with Crippen molar-refractivity contribution < 1.29 is 4.79 Å². The Bertz CT molecular complexity index is 471. The molecule has 0 aromatic heterocycles. The van der Waals surface area contributed by atoms with Crippen LogP contribution in [0.3, 0.4) is 0 Å². The molecule has 3 aliphatic rings. The molecule has 2 fully saturated rings. The van der Waals surface area contributed by atoms with Crippen LogP contribution in [0.25, 0.3) is 0 Å². The van der Waals surface area contributed by atoms with Crippen LogP contribution >= 0.6 is 11.8 Å². The molecule has 2 aliphatic carbocycles. The summed E-state index contributed by atoms with van der Waals surface area (Å²) >= 11 is 1.64. The number of carbonyl (C=O) groups is 1. The normalized spacial score (nSPS) is 33.0. The van der Waals surface area contributed by atoms with E-state index in [-0.39, 0.29) is 0 Å². The Morgan fingerprint density at radius 1 is 1.43 bits per heavy atom. The van der Waals surface area contributed by atoms with Crippen molar-refractivity contribution in [2.45, 2.75) is 58.8 Å². The molecule has 3 rings (SSSR count). The minimum absolute atomic E-state index is 0.307. The van der Waals surface area contributed by atoms with Gasteiger partial charge in [0.2, 0.25) is 0 Å². The van der Waals surface area contributed by atoms with E-state index in [0.29, 0.717) is 11.7 Å². The molecule has 1 aliphatic heterocycles. The lowest BCUT2D eigenvalue weighted by molar-refractivity contribution is -0.115. The van der Waals surface area contributed by atoms with Crippen LogP contribution in [0.1, 0.15) is 58.8 Å². The van der Waals surface area contributed by atoms with Gasteiger partial charge < -0.3 is 0 Å². The highest BCUT2D eigenvalue weighted by atomic mass is 32.2. The van der Waals surface area contributed by atoms with E-state index < -0.39 is 0 Å². The van der Waals surface area contributed by atoms with Crippen molar-refractivity contribution in [3.05, 3.63) is 11.1 Å². The van der Waals surface area contributed by atoms with Gasteiger partial charge in [-0.1, -0.05) is 31.5 Å². The molecule has 0 N–H and O–H groups in total. The van der Waals surface area contributed by atoms with Gasteiger partial charge in [0.15, 0.2) is 5.78 Å². The molecular formula is C17H26N2OS. The van der Waals surface area contributed by atoms with Crippen molar-refractivity contribution >= 4 is 22.6 Å². The number of ketones is 1. The van der Waals surface area contributed by atoms with Gasteiger partial charge in [-0.15, -0.1) is 0 Å². The zero-order chi connectivity index (χ0) is 14.8. The quantitative estimate of drug-likeness (QED) is 0.682. The molecule has 3 nitrogen and oxygen atoms in total. The largest absolute Gasteiger partial charge is 0.295 e.